The van der Waals surface area contributed by atoms with E-state index < -0.39 is 11.9 Å². The maximum atomic E-state index is 13.0. The molecular weight excluding hydrogens is 395 g/mol. The van der Waals surface area contributed by atoms with Crippen molar-refractivity contribution in [1.82, 2.24) is 20.1 Å². The van der Waals surface area contributed by atoms with Crippen LogP contribution in [0.15, 0.2) is 42.6 Å². The molecule has 3 heterocycles. The Bertz CT molecular complexity index is 1180. The molecule has 0 fully saturated rings. The molecule has 1 aliphatic rings. The van der Waals surface area contributed by atoms with Gasteiger partial charge < -0.3 is 5.32 Å². The topological polar surface area (TPSA) is 83.6 Å². The van der Waals surface area contributed by atoms with Crippen molar-refractivity contribution in [3.63, 3.8) is 0 Å². The maximum Gasteiger partial charge on any atom is 0.433 e. The molecule has 0 spiro atoms. The van der Waals surface area contributed by atoms with Crippen molar-refractivity contribution in [2.75, 3.05) is 0 Å². The minimum absolute atomic E-state index is 0.325. The van der Waals surface area contributed by atoms with Crippen molar-refractivity contribution >= 4 is 5.91 Å². The molecule has 0 bridgehead atoms. The van der Waals surface area contributed by atoms with Crippen molar-refractivity contribution in [1.29, 1.82) is 5.26 Å². The third-order valence-corrected chi connectivity index (χ3v) is 5.03. The van der Waals surface area contributed by atoms with Crippen LogP contribution < -0.4 is 5.32 Å². The molecule has 0 radical (unpaired) electrons. The second-order valence-corrected chi connectivity index (χ2v) is 7.07. The molecule has 0 aliphatic carbocycles. The smallest absolute Gasteiger partial charge is 0.344 e. The largest absolute Gasteiger partial charge is 0.433 e. The van der Waals surface area contributed by atoms with E-state index in [0.29, 0.717) is 40.9 Å². The lowest BCUT2D eigenvalue weighted by Gasteiger charge is -2.12. The Labute approximate surface area is 170 Å². The Morgan fingerprint density at radius 3 is 2.83 bits per heavy atom. The summed E-state index contributed by atoms with van der Waals surface area (Å²) in [6, 6.07) is 10.7. The van der Waals surface area contributed by atoms with Crippen molar-refractivity contribution in [2.24, 2.45) is 0 Å². The molecule has 0 saturated heterocycles. The number of fused-ring (bicyclic) bond motifs is 1. The Morgan fingerprint density at radius 1 is 1.30 bits per heavy atom. The number of aryl methyl sites for hydroxylation is 2. The molecule has 1 aliphatic heterocycles. The normalized spacial score (nSPS) is 15.5. The van der Waals surface area contributed by atoms with Crippen LogP contribution >= 0.6 is 0 Å². The summed E-state index contributed by atoms with van der Waals surface area (Å²) in [6.45, 7) is 2.21. The summed E-state index contributed by atoms with van der Waals surface area (Å²) in [5.74, 6) is -0.326. The standard InChI is InChI=1S/C21H16F3N5O/c1-12-11-26-19(21(22,23)24)8-15(12)17-9-18-16(5-6-29(18)28-17)27-20(30)14-4-2-3-13(7-14)10-25/h2-4,7-9,11,16H,5-6H2,1H3,(H,27,30)/t16-/m1/s1. The molecule has 3 aromatic rings. The van der Waals surface area contributed by atoms with Gasteiger partial charge in [-0.05, 0) is 49.2 Å². The number of nitrogens with one attached hydrogen (secondary N) is 1. The SMILES string of the molecule is Cc1cnc(C(F)(F)F)cc1-c1cc2n(n1)CC[C@H]2NC(=O)c1cccc(C#N)c1. The van der Waals surface area contributed by atoms with Crippen LogP contribution in [0.4, 0.5) is 13.2 Å². The molecule has 1 atom stereocenters. The van der Waals surface area contributed by atoms with E-state index in [1.165, 1.54) is 12.3 Å². The highest BCUT2D eigenvalue weighted by Gasteiger charge is 2.33. The molecule has 1 amide bonds. The monoisotopic (exact) mass is 411 g/mol. The van der Waals surface area contributed by atoms with Crippen molar-refractivity contribution in [3.8, 4) is 17.3 Å². The first-order chi connectivity index (χ1) is 14.3. The lowest BCUT2D eigenvalue weighted by molar-refractivity contribution is -0.141. The van der Waals surface area contributed by atoms with Crippen molar-refractivity contribution < 1.29 is 18.0 Å². The number of nitriles is 1. The summed E-state index contributed by atoms with van der Waals surface area (Å²) in [4.78, 5) is 16.0. The highest BCUT2D eigenvalue weighted by Crippen LogP contribution is 2.34. The van der Waals surface area contributed by atoms with Gasteiger partial charge in [0.1, 0.15) is 5.69 Å². The summed E-state index contributed by atoms with van der Waals surface area (Å²) in [5, 5.41) is 16.3. The summed E-state index contributed by atoms with van der Waals surface area (Å²) >= 11 is 0. The van der Waals surface area contributed by atoms with Gasteiger partial charge in [0, 0.05) is 23.9 Å². The van der Waals surface area contributed by atoms with Crippen LogP contribution in [-0.2, 0) is 12.7 Å². The lowest BCUT2D eigenvalue weighted by atomic mass is 10.0. The highest BCUT2D eigenvalue weighted by molar-refractivity contribution is 5.94. The number of hydrogen-bond donors (Lipinski definition) is 1. The molecule has 0 unspecified atom stereocenters. The van der Waals surface area contributed by atoms with Gasteiger partial charge in [0.25, 0.3) is 5.91 Å². The van der Waals surface area contributed by atoms with Gasteiger partial charge in [-0.15, -0.1) is 0 Å². The number of alkyl halides is 3. The van der Waals surface area contributed by atoms with Crippen molar-refractivity contribution in [3.05, 3.63) is 70.7 Å². The average Bonchev–Trinajstić information content (AvgIpc) is 3.29. The number of amides is 1. The summed E-state index contributed by atoms with van der Waals surface area (Å²) in [5.41, 5.74) is 1.83. The quantitative estimate of drug-likeness (QED) is 0.706. The fourth-order valence-electron chi connectivity index (χ4n) is 3.49. The fraction of sp³-hybridized carbons (Fsp3) is 0.238. The number of benzene rings is 1. The van der Waals surface area contributed by atoms with Gasteiger partial charge in [0.2, 0.25) is 0 Å². The molecule has 152 valence electrons. The van der Waals surface area contributed by atoms with Crippen LogP contribution in [0.25, 0.3) is 11.3 Å². The van der Waals surface area contributed by atoms with Crippen LogP contribution in [0, 0.1) is 18.3 Å². The van der Waals surface area contributed by atoms with Gasteiger partial charge in [-0.1, -0.05) is 6.07 Å². The van der Waals surface area contributed by atoms with E-state index in [2.05, 4.69) is 15.4 Å². The van der Waals surface area contributed by atoms with Gasteiger partial charge in [-0.25, -0.2) is 0 Å². The Morgan fingerprint density at radius 2 is 2.10 bits per heavy atom. The molecule has 1 aromatic carbocycles. The highest BCUT2D eigenvalue weighted by atomic mass is 19.4. The second-order valence-electron chi connectivity index (χ2n) is 7.07. The first kappa shape index (κ1) is 19.6. The average molecular weight is 411 g/mol. The van der Waals surface area contributed by atoms with Gasteiger partial charge >= 0.3 is 6.18 Å². The number of carbonyl (C=O) groups excluding carboxylic acids is 1. The zero-order chi connectivity index (χ0) is 21.5. The van der Waals surface area contributed by atoms with E-state index in [4.69, 9.17) is 5.26 Å². The van der Waals surface area contributed by atoms with Crippen LogP contribution in [0.2, 0.25) is 0 Å². The molecular formula is C21H16F3N5O. The van der Waals surface area contributed by atoms with Crippen LogP contribution in [0.5, 0.6) is 0 Å². The van der Waals surface area contributed by atoms with E-state index in [1.807, 2.05) is 6.07 Å². The van der Waals surface area contributed by atoms with Crippen molar-refractivity contribution in [2.45, 2.75) is 32.1 Å². The van der Waals surface area contributed by atoms with Gasteiger partial charge in [0.15, 0.2) is 0 Å². The molecule has 2 aromatic heterocycles. The first-order valence-electron chi connectivity index (χ1n) is 9.19. The summed E-state index contributed by atoms with van der Waals surface area (Å²) in [7, 11) is 0. The zero-order valence-corrected chi connectivity index (χ0v) is 15.9. The fourth-order valence-corrected chi connectivity index (χ4v) is 3.49. The predicted octanol–water partition coefficient (Wildman–Crippen LogP) is 4.02. The summed E-state index contributed by atoms with van der Waals surface area (Å²) < 4.78 is 40.8. The first-order valence-corrected chi connectivity index (χ1v) is 9.19. The number of rotatable bonds is 3. The van der Waals surface area contributed by atoms with E-state index in [0.717, 1.165) is 11.8 Å². The Balaban J connectivity index is 1.60. The minimum atomic E-state index is -4.54. The second kappa shape index (κ2) is 7.30. The van der Waals surface area contributed by atoms with E-state index in [9.17, 15) is 18.0 Å². The molecule has 1 N–H and O–H groups in total. The molecule has 9 heteroatoms. The molecule has 30 heavy (non-hydrogen) atoms. The molecule has 6 nitrogen and oxygen atoms in total. The predicted molar refractivity (Wildman–Crippen MR) is 101 cm³/mol. The number of hydrogen-bond acceptors (Lipinski definition) is 4. The van der Waals surface area contributed by atoms with E-state index in [1.54, 1.807) is 35.9 Å². The van der Waals surface area contributed by atoms with Gasteiger partial charge in [0.05, 0.1) is 29.1 Å². The maximum absolute atomic E-state index is 13.0. The number of carbonyl (C=O) groups is 1. The Kier molecular flexibility index (Phi) is 4.78. The third-order valence-electron chi connectivity index (χ3n) is 5.03. The Hall–Kier alpha value is -3.67. The number of pyridine rings is 1. The minimum Gasteiger partial charge on any atom is -0.344 e. The number of halogens is 3. The van der Waals surface area contributed by atoms with E-state index in [-0.39, 0.29) is 11.9 Å². The zero-order valence-electron chi connectivity index (χ0n) is 15.9. The lowest BCUT2D eigenvalue weighted by Crippen LogP contribution is -2.27. The summed E-state index contributed by atoms with van der Waals surface area (Å²) in [6.07, 6.45) is -2.74. The van der Waals surface area contributed by atoms with Crippen LogP contribution in [-0.4, -0.2) is 20.7 Å². The number of aromatic nitrogens is 3. The van der Waals surface area contributed by atoms with Gasteiger partial charge in [-0.3, -0.25) is 14.5 Å². The van der Waals surface area contributed by atoms with Gasteiger partial charge in [-0.2, -0.15) is 23.5 Å². The van der Waals surface area contributed by atoms with Crippen LogP contribution in [0.1, 0.15) is 45.3 Å². The van der Waals surface area contributed by atoms with E-state index >= 15 is 0 Å². The third kappa shape index (κ3) is 3.64. The molecule has 0 saturated carbocycles. The van der Waals surface area contributed by atoms with Crippen LogP contribution in [0.3, 0.4) is 0 Å². The number of nitrogens with zero attached hydrogens (tertiary/aromatic N) is 4. The molecule has 4 rings (SSSR count).